The quantitative estimate of drug-likeness (QED) is 0.930. The summed E-state index contributed by atoms with van der Waals surface area (Å²) in [6.45, 7) is 3.89. The average Bonchev–Trinajstić information content (AvgIpc) is 3.03. The molecule has 0 bridgehead atoms. The van der Waals surface area contributed by atoms with Gasteiger partial charge in [0.25, 0.3) is 0 Å². The van der Waals surface area contributed by atoms with Crippen LogP contribution in [0.4, 0.5) is 0 Å². The maximum absolute atomic E-state index is 12.5. The molecule has 2 aromatic rings. The first-order chi connectivity index (χ1) is 10.4. The number of sulfonamides is 1. The van der Waals surface area contributed by atoms with Gasteiger partial charge in [0.15, 0.2) is 0 Å². The summed E-state index contributed by atoms with van der Waals surface area (Å²) in [4.78, 5) is 12.2. The summed E-state index contributed by atoms with van der Waals surface area (Å²) in [7, 11) is -3.51. The molecule has 1 saturated carbocycles. The van der Waals surface area contributed by atoms with Gasteiger partial charge in [0, 0.05) is 12.1 Å². The van der Waals surface area contributed by atoms with E-state index in [2.05, 4.69) is 4.72 Å². The van der Waals surface area contributed by atoms with E-state index in [-0.39, 0.29) is 21.9 Å². The fourth-order valence-corrected chi connectivity index (χ4v) is 5.46. The predicted molar refractivity (Wildman–Crippen MR) is 89.0 cm³/mol. The monoisotopic (exact) mass is 340 g/mol. The van der Waals surface area contributed by atoms with Gasteiger partial charge >= 0.3 is 4.87 Å². The number of hydrogen-bond donors (Lipinski definition) is 1. The summed E-state index contributed by atoms with van der Waals surface area (Å²) in [5, 5.41) is 0. The minimum atomic E-state index is -3.51. The largest absolute Gasteiger partial charge is 0.308 e. The van der Waals surface area contributed by atoms with Crippen LogP contribution in [0, 0.1) is 0 Å². The number of fused-ring (bicyclic) bond motifs is 1. The van der Waals surface area contributed by atoms with E-state index in [0.717, 1.165) is 42.5 Å². The standard InChI is InChI=1S/C15H20N2O3S2/c1-10(2)17-13-8-7-12(9-14(13)21-15(17)18)22(19,20)16-11-5-3-4-6-11/h7-11,16H,3-6H2,1-2H3. The third kappa shape index (κ3) is 2.85. The summed E-state index contributed by atoms with van der Waals surface area (Å²) < 4.78 is 30.1. The number of aromatic nitrogens is 1. The topological polar surface area (TPSA) is 68.2 Å². The van der Waals surface area contributed by atoms with E-state index in [1.54, 1.807) is 22.8 Å². The summed E-state index contributed by atoms with van der Waals surface area (Å²) in [6.07, 6.45) is 3.95. The molecule has 0 atom stereocenters. The van der Waals surface area contributed by atoms with Crippen molar-refractivity contribution in [3.63, 3.8) is 0 Å². The van der Waals surface area contributed by atoms with Gasteiger partial charge in [0.2, 0.25) is 10.0 Å². The normalized spacial score (nSPS) is 16.9. The molecule has 1 fully saturated rings. The maximum atomic E-state index is 12.5. The average molecular weight is 340 g/mol. The van der Waals surface area contributed by atoms with Crippen LogP contribution in [-0.4, -0.2) is 19.0 Å². The summed E-state index contributed by atoms with van der Waals surface area (Å²) in [5.41, 5.74) is 0.796. The van der Waals surface area contributed by atoms with Gasteiger partial charge in [0.05, 0.1) is 15.1 Å². The third-order valence-electron chi connectivity index (χ3n) is 4.09. The molecule has 1 aromatic carbocycles. The zero-order valence-corrected chi connectivity index (χ0v) is 14.3. The molecule has 0 amide bonds. The number of benzene rings is 1. The number of nitrogens with one attached hydrogen (secondary N) is 1. The number of hydrogen-bond acceptors (Lipinski definition) is 4. The van der Waals surface area contributed by atoms with Crippen LogP contribution in [0.3, 0.4) is 0 Å². The van der Waals surface area contributed by atoms with Crippen LogP contribution >= 0.6 is 11.3 Å². The lowest BCUT2D eigenvalue weighted by Crippen LogP contribution is -2.32. The first kappa shape index (κ1) is 15.7. The Balaban J connectivity index is 2.00. The molecule has 120 valence electrons. The Morgan fingerprint density at radius 1 is 1.27 bits per heavy atom. The Bertz CT molecular complexity index is 843. The molecule has 1 aromatic heterocycles. The van der Waals surface area contributed by atoms with E-state index in [4.69, 9.17) is 0 Å². The number of rotatable bonds is 4. The molecule has 7 heteroatoms. The van der Waals surface area contributed by atoms with Crippen LogP contribution in [0.5, 0.6) is 0 Å². The van der Waals surface area contributed by atoms with Crippen molar-refractivity contribution in [3.8, 4) is 0 Å². The second-order valence-electron chi connectivity index (χ2n) is 6.06. The van der Waals surface area contributed by atoms with Crippen molar-refractivity contribution in [1.82, 2.24) is 9.29 Å². The van der Waals surface area contributed by atoms with Crippen LogP contribution in [0.2, 0.25) is 0 Å². The highest BCUT2D eigenvalue weighted by molar-refractivity contribution is 7.89. The summed E-state index contributed by atoms with van der Waals surface area (Å²) >= 11 is 1.10. The highest BCUT2D eigenvalue weighted by Crippen LogP contribution is 2.25. The second kappa shape index (κ2) is 5.79. The van der Waals surface area contributed by atoms with Gasteiger partial charge in [-0.25, -0.2) is 13.1 Å². The lowest BCUT2D eigenvalue weighted by Gasteiger charge is -2.13. The van der Waals surface area contributed by atoms with Gasteiger partial charge in [-0.1, -0.05) is 24.2 Å². The number of nitrogens with zero attached hydrogens (tertiary/aromatic N) is 1. The lowest BCUT2D eigenvalue weighted by molar-refractivity contribution is 0.552. The molecule has 1 N–H and O–H groups in total. The highest BCUT2D eigenvalue weighted by atomic mass is 32.2. The zero-order valence-electron chi connectivity index (χ0n) is 12.7. The van der Waals surface area contributed by atoms with Gasteiger partial charge < -0.3 is 0 Å². The summed E-state index contributed by atoms with van der Waals surface area (Å²) in [5.74, 6) is 0. The Kier molecular flexibility index (Phi) is 4.13. The maximum Gasteiger partial charge on any atom is 0.308 e. The Morgan fingerprint density at radius 3 is 2.59 bits per heavy atom. The third-order valence-corrected chi connectivity index (χ3v) is 6.52. The molecule has 3 rings (SSSR count). The van der Waals surface area contributed by atoms with E-state index >= 15 is 0 Å². The van der Waals surface area contributed by atoms with E-state index < -0.39 is 10.0 Å². The SMILES string of the molecule is CC(C)n1c(=O)sc2cc(S(=O)(=O)NC3CCCC3)ccc21. The van der Waals surface area contributed by atoms with Gasteiger partial charge in [-0.3, -0.25) is 9.36 Å². The predicted octanol–water partition coefficient (Wildman–Crippen LogP) is 2.86. The van der Waals surface area contributed by atoms with Crippen LogP contribution in [0.1, 0.15) is 45.6 Å². The lowest BCUT2D eigenvalue weighted by atomic mass is 10.3. The Hall–Kier alpha value is -1.18. The van der Waals surface area contributed by atoms with Gasteiger partial charge in [-0.2, -0.15) is 0 Å². The van der Waals surface area contributed by atoms with Crippen LogP contribution in [0.25, 0.3) is 10.2 Å². The Morgan fingerprint density at radius 2 is 1.95 bits per heavy atom. The van der Waals surface area contributed by atoms with E-state index in [1.807, 2.05) is 13.8 Å². The molecule has 1 aliphatic rings. The minimum absolute atomic E-state index is 0.0414. The minimum Gasteiger partial charge on any atom is -0.296 e. The van der Waals surface area contributed by atoms with Crippen molar-refractivity contribution < 1.29 is 8.42 Å². The summed E-state index contributed by atoms with van der Waals surface area (Å²) in [6, 6.07) is 5.03. The fourth-order valence-electron chi connectivity index (χ4n) is 3.00. The molecule has 22 heavy (non-hydrogen) atoms. The molecule has 0 aliphatic heterocycles. The molecule has 0 radical (unpaired) electrons. The van der Waals surface area contributed by atoms with Crippen LogP contribution < -0.4 is 9.60 Å². The molecule has 0 saturated heterocycles. The number of thiazole rings is 1. The fraction of sp³-hybridized carbons (Fsp3) is 0.533. The molecular weight excluding hydrogens is 320 g/mol. The van der Waals surface area contributed by atoms with E-state index in [1.165, 1.54) is 0 Å². The van der Waals surface area contributed by atoms with Crippen molar-refractivity contribution in [1.29, 1.82) is 0 Å². The molecule has 0 unspecified atom stereocenters. The zero-order chi connectivity index (χ0) is 15.9. The van der Waals surface area contributed by atoms with Crippen LogP contribution in [-0.2, 0) is 10.0 Å². The van der Waals surface area contributed by atoms with Crippen molar-refractivity contribution in [2.45, 2.75) is 56.5 Å². The van der Waals surface area contributed by atoms with Crippen molar-refractivity contribution in [2.24, 2.45) is 0 Å². The molecule has 1 aliphatic carbocycles. The first-order valence-corrected chi connectivity index (χ1v) is 9.86. The van der Waals surface area contributed by atoms with Crippen molar-refractivity contribution in [2.75, 3.05) is 0 Å². The van der Waals surface area contributed by atoms with E-state index in [0.29, 0.717) is 4.70 Å². The van der Waals surface area contributed by atoms with Crippen molar-refractivity contribution >= 4 is 31.6 Å². The molecular formula is C15H20N2O3S2. The van der Waals surface area contributed by atoms with E-state index in [9.17, 15) is 13.2 Å². The van der Waals surface area contributed by atoms with Crippen LogP contribution in [0.15, 0.2) is 27.9 Å². The smallest absolute Gasteiger partial charge is 0.296 e. The Labute approximate surface area is 134 Å². The second-order valence-corrected chi connectivity index (χ2v) is 8.77. The van der Waals surface area contributed by atoms with Gasteiger partial charge in [-0.05, 0) is 44.9 Å². The van der Waals surface area contributed by atoms with Gasteiger partial charge in [-0.15, -0.1) is 0 Å². The molecule has 1 heterocycles. The first-order valence-electron chi connectivity index (χ1n) is 7.56. The van der Waals surface area contributed by atoms with Crippen molar-refractivity contribution in [3.05, 3.63) is 27.9 Å². The molecule has 0 spiro atoms. The van der Waals surface area contributed by atoms with Gasteiger partial charge in [0.1, 0.15) is 0 Å². The molecule has 5 nitrogen and oxygen atoms in total. The highest BCUT2D eigenvalue weighted by Gasteiger charge is 2.23.